The summed E-state index contributed by atoms with van der Waals surface area (Å²) in [6, 6.07) is 8.40. The van der Waals surface area contributed by atoms with Crippen LogP contribution < -0.4 is 5.32 Å². The number of benzene rings is 1. The van der Waals surface area contributed by atoms with Crippen LogP contribution in [0.3, 0.4) is 0 Å². The van der Waals surface area contributed by atoms with Crippen molar-refractivity contribution in [3.05, 3.63) is 58.3 Å². The van der Waals surface area contributed by atoms with E-state index in [1.807, 2.05) is 0 Å². The summed E-state index contributed by atoms with van der Waals surface area (Å²) in [6.45, 7) is 0.216. The minimum atomic E-state index is -0.314. The minimum Gasteiger partial charge on any atom is -0.326 e. The molecule has 1 aromatic heterocycles. The molecule has 0 saturated carbocycles. The molecule has 0 aliphatic carbocycles. The van der Waals surface area contributed by atoms with Gasteiger partial charge in [-0.1, -0.05) is 15.9 Å². The van der Waals surface area contributed by atoms with Crippen molar-refractivity contribution in [2.45, 2.75) is 12.8 Å². The van der Waals surface area contributed by atoms with Gasteiger partial charge in [0.2, 0.25) is 5.91 Å². The highest BCUT2D eigenvalue weighted by Gasteiger charge is 2.35. The molecule has 1 N–H and O–H groups in total. The van der Waals surface area contributed by atoms with Gasteiger partial charge in [-0.05, 0) is 36.8 Å². The van der Waals surface area contributed by atoms with Crippen molar-refractivity contribution in [3.8, 4) is 0 Å². The topological polar surface area (TPSA) is 79.4 Å². The number of amides is 3. The predicted octanol–water partition coefficient (Wildman–Crippen LogP) is 2.86. The monoisotopic (exact) mass is 387 g/mol. The molecule has 1 aromatic carbocycles. The van der Waals surface area contributed by atoms with E-state index in [2.05, 4.69) is 26.2 Å². The number of rotatable bonds is 5. The number of pyridine rings is 1. The van der Waals surface area contributed by atoms with Gasteiger partial charge in [-0.15, -0.1) is 0 Å². The fraction of sp³-hybridized carbons (Fsp3) is 0.176. The Balaban J connectivity index is 1.55. The summed E-state index contributed by atoms with van der Waals surface area (Å²) in [7, 11) is 0. The molecule has 0 bridgehead atoms. The van der Waals surface area contributed by atoms with E-state index in [1.54, 1.807) is 42.7 Å². The van der Waals surface area contributed by atoms with E-state index in [0.29, 0.717) is 23.2 Å². The molecule has 3 amide bonds. The van der Waals surface area contributed by atoms with Gasteiger partial charge < -0.3 is 5.32 Å². The lowest BCUT2D eigenvalue weighted by Gasteiger charge is -2.13. The Bertz CT molecular complexity index is 808. The Morgan fingerprint density at radius 1 is 1.08 bits per heavy atom. The number of nitrogens with zero attached hydrogens (tertiary/aromatic N) is 2. The number of nitrogens with one attached hydrogen (secondary N) is 1. The number of carbonyl (C=O) groups excluding carboxylic acids is 3. The fourth-order valence-electron chi connectivity index (χ4n) is 2.52. The summed E-state index contributed by atoms with van der Waals surface area (Å²) in [5.41, 5.74) is 1.47. The number of aromatic nitrogens is 1. The summed E-state index contributed by atoms with van der Waals surface area (Å²) < 4.78 is 0.751. The number of imide groups is 1. The molecule has 7 heteroatoms. The molecule has 0 unspecified atom stereocenters. The standard InChI is InChI=1S/C17H14BrN3O3/c18-11-3-4-13-14(10-11)17(24)21(16(13)23)9-1-2-15(22)20-12-5-7-19-8-6-12/h3-8,10H,1-2,9H2,(H,19,20,22). The Morgan fingerprint density at radius 2 is 1.79 bits per heavy atom. The van der Waals surface area contributed by atoms with Crippen molar-refractivity contribution in [2.24, 2.45) is 0 Å². The van der Waals surface area contributed by atoms with Gasteiger partial charge in [0.05, 0.1) is 11.1 Å². The molecular weight excluding hydrogens is 374 g/mol. The summed E-state index contributed by atoms with van der Waals surface area (Å²) in [4.78, 5) is 41.5. The molecule has 122 valence electrons. The molecule has 2 aromatic rings. The molecule has 0 saturated heterocycles. The number of fused-ring (bicyclic) bond motifs is 1. The maximum atomic E-state index is 12.3. The normalized spacial score (nSPS) is 13.1. The second-order valence-electron chi connectivity index (χ2n) is 5.34. The maximum Gasteiger partial charge on any atom is 0.261 e. The third-order valence-corrected chi connectivity index (χ3v) is 4.18. The van der Waals surface area contributed by atoms with Crippen LogP contribution in [0.25, 0.3) is 0 Å². The van der Waals surface area contributed by atoms with Gasteiger partial charge in [0, 0.05) is 35.5 Å². The molecule has 24 heavy (non-hydrogen) atoms. The Morgan fingerprint density at radius 3 is 2.54 bits per heavy atom. The lowest BCUT2D eigenvalue weighted by atomic mass is 10.1. The van der Waals surface area contributed by atoms with Crippen LogP contribution in [0.1, 0.15) is 33.6 Å². The van der Waals surface area contributed by atoms with Crippen molar-refractivity contribution in [1.29, 1.82) is 0 Å². The third-order valence-electron chi connectivity index (χ3n) is 3.68. The first-order valence-electron chi connectivity index (χ1n) is 7.42. The average molecular weight is 388 g/mol. The smallest absolute Gasteiger partial charge is 0.261 e. The van der Waals surface area contributed by atoms with Gasteiger partial charge in [-0.25, -0.2) is 0 Å². The van der Waals surface area contributed by atoms with Crippen molar-refractivity contribution in [3.63, 3.8) is 0 Å². The van der Waals surface area contributed by atoms with Crippen LogP contribution >= 0.6 is 15.9 Å². The summed E-state index contributed by atoms with van der Waals surface area (Å²) in [5.74, 6) is -0.788. The summed E-state index contributed by atoms with van der Waals surface area (Å²) in [5, 5.41) is 2.74. The van der Waals surface area contributed by atoms with Crippen LogP contribution in [0, 0.1) is 0 Å². The predicted molar refractivity (Wildman–Crippen MR) is 91.6 cm³/mol. The highest BCUT2D eigenvalue weighted by Crippen LogP contribution is 2.26. The van der Waals surface area contributed by atoms with E-state index >= 15 is 0 Å². The first-order chi connectivity index (χ1) is 11.6. The molecule has 1 aliphatic rings. The SMILES string of the molecule is O=C(CCCN1C(=O)c2ccc(Br)cc2C1=O)Nc1ccncc1. The average Bonchev–Trinajstić information content (AvgIpc) is 2.80. The highest BCUT2D eigenvalue weighted by atomic mass is 79.9. The van der Waals surface area contributed by atoms with Crippen molar-refractivity contribution >= 4 is 39.3 Å². The Hall–Kier alpha value is -2.54. The summed E-state index contributed by atoms with van der Waals surface area (Å²) >= 11 is 3.30. The number of hydrogen-bond acceptors (Lipinski definition) is 4. The Kier molecular flexibility index (Phi) is 4.71. The molecular formula is C17H14BrN3O3. The van der Waals surface area contributed by atoms with Crippen LogP contribution in [0.2, 0.25) is 0 Å². The molecule has 2 heterocycles. The van der Waals surface area contributed by atoms with Gasteiger partial charge in [0.15, 0.2) is 0 Å². The molecule has 0 spiro atoms. The largest absolute Gasteiger partial charge is 0.326 e. The summed E-state index contributed by atoms with van der Waals surface area (Å²) in [6.07, 6.45) is 3.81. The van der Waals surface area contributed by atoms with E-state index < -0.39 is 0 Å². The molecule has 1 aliphatic heterocycles. The van der Waals surface area contributed by atoms with E-state index in [4.69, 9.17) is 0 Å². The van der Waals surface area contributed by atoms with Gasteiger partial charge in [-0.2, -0.15) is 0 Å². The number of carbonyl (C=O) groups is 3. The van der Waals surface area contributed by atoms with Crippen molar-refractivity contribution in [2.75, 3.05) is 11.9 Å². The van der Waals surface area contributed by atoms with Crippen LogP contribution in [-0.2, 0) is 4.79 Å². The van der Waals surface area contributed by atoms with E-state index in [9.17, 15) is 14.4 Å². The van der Waals surface area contributed by atoms with Crippen molar-refractivity contribution < 1.29 is 14.4 Å². The zero-order valence-electron chi connectivity index (χ0n) is 12.7. The molecule has 0 atom stereocenters. The lowest BCUT2D eigenvalue weighted by molar-refractivity contribution is -0.116. The Labute approximate surface area is 147 Å². The highest BCUT2D eigenvalue weighted by molar-refractivity contribution is 9.10. The first kappa shape index (κ1) is 16.3. The van der Waals surface area contributed by atoms with Gasteiger partial charge in [0.1, 0.15) is 0 Å². The first-order valence-corrected chi connectivity index (χ1v) is 8.21. The zero-order valence-corrected chi connectivity index (χ0v) is 14.2. The second-order valence-corrected chi connectivity index (χ2v) is 6.26. The second kappa shape index (κ2) is 6.92. The fourth-order valence-corrected chi connectivity index (χ4v) is 2.88. The van der Waals surface area contributed by atoms with Crippen LogP contribution in [0.4, 0.5) is 5.69 Å². The van der Waals surface area contributed by atoms with E-state index in [-0.39, 0.29) is 30.7 Å². The minimum absolute atomic E-state index is 0.166. The van der Waals surface area contributed by atoms with E-state index in [0.717, 1.165) is 4.47 Å². The maximum absolute atomic E-state index is 12.3. The zero-order chi connectivity index (χ0) is 17.1. The van der Waals surface area contributed by atoms with Crippen LogP contribution in [0.15, 0.2) is 47.2 Å². The molecule has 6 nitrogen and oxygen atoms in total. The van der Waals surface area contributed by atoms with Gasteiger partial charge in [-0.3, -0.25) is 24.3 Å². The number of anilines is 1. The lowest BCUT2D eigenvalue weighted by Crippen LogP contribution is -2.31. The van der Waals surface area contributed by atoms with Gasteiger partial charge in [0.25, 0.3) is 11.8 Å². The molecule has 3 rings (SSSR count). The quantitative estimate of drug-likeness (QED) is 0.799. The molecule has 0 fully saturated rings. The number of hydrogen-bond donors (Lipinski definition) is 1. The van der Waals surface area contributed by atoms with Gasteiger partial charge >= 0.3 is 0 Å². The van der Waals surface area contributed by atoms with E-state index in [1.165, 1.54) is 4.90 Å². The molecule has 0 radical (unpaired) electrons. The van der Waals surface area contributed by atoms with Crippen LogP contribution in [-0.4, -0.2) is 34.2 Å². The van der Waals surface area contributed by atoms with Crippen molar-refractivity contribution in [1.82, 2.24) is 9.88 Å². The number of halogens is 1. The third kappa shape index (κ3) is 3.35. The van der Waals surface area contributed by atoms with Crippen LogP contribution in [0.5, 0.6) is 0 Å².